The summed E-state index contributed by atoms with van der Waals surface area (Å²) in [5, 5.41) is 19.8. The molecule has 2 aromatic rings. The van der Waals surface area contributed by atoms with Crippen molar-refractivity contribution in [3.63, 3.8) is 0 Å². The van der Waals surface area contributed by atoms with Gasteiger partial charge in [0.15, 0.2) is 0 Å². The van der Waals surface area contributed by atoms with E-state index in [9.17, 15) is 14.5 Å². The molecule has 0 atom stereocenters. The molecule has 0 unspecified atom stereocenters. The molecule has 0 aromatic heterocycles. The molecule has 0 saturated carbocycles. The second-order valence-corrected chi connectivity index (χ2v) is 4.89. The van der Waals surface area contributed by atoms with Crippen LogP contribution in [-0.2, 0) is 6.61 Å². The summed E-state index contributed by atoms with van der Waals surface area (Å²) in [6.45, 7) is -0.0539. The maximum atomic E-state index is 13.0. The second-order valence-electron chi connectivity index (χ2n) is 3.77. The maximum Gasteiger partial charge on any atom is 0.286 e. The first kappa shape index (κ1) is 13.5. The Morgan fingerprint density at radius 1 is 1.21 bits per heavy atom. The Labute approximate surface area is 113 Å². The van der Waals surface area contributed by atoms with Gasteiger partial charge in [0.2, 0.25) is 0 Å². The lowest BCUT2D eigenvalue weighted by atomic mass is 10.2. The molecule has 0 radical (unpaired) electrons. The second kappa shape index (κ2) is 5.81. The highest BCUT2D eigenvalue weighted by atomic mass is 32.2. The molecule has 6 heteroatoms. The van der Waals surface area contributed by atoms with Crippen LogP contribution in [0, 0.1) is 15.9 Å². The van der Waals surface area contributed by atoms with Crippen molar-refractivity contribution in [3.8, 4) is 0 Å². The Bertz CT molecular complexity index is 601. The Hall–Kier alpha value is -1.92. The van der Waals surface area contributed by atoms with Crippen LogP contribution >= 0.6 is 11.8 Å². The first-order valence-corrected chi connectivity index (χ1v) is 6.23. The van der Waals surface area contributed by atoms with Crippen LogP contribution in [0.3, 0.4) is 0 Å². The van der Waals surface area contributed by atoms with Gasteiger partial charge in [-0.05, 0) is 29.8 Å². The van der Waals surface area contributed by atoms with Gasteiger partial charge in [0.1, 0.15) is 5.82 Å². The van der Waals surface area contributed by atoms with Crippen LogP contribution in [0.2, 0.25) is 0 Å². The van der Waals surface area contributed by atoms with E-state index in [-0.39, 0.29) is 12.3 Å². The summed E-state index contributed by atoms with van der Waals surface area (Å²) in [6.07, 6.45) is 0. The van der Waals surface area contributed by atoms with Crippen molar-refractivity contribution in [2.45, 2.75) is 16.4 Å². The fraction of sp³-hybridized carbons (Fsp3) is 0.0769. The van der Waals surface area contributed by atoms with Crippen molar-refractivity contribution < 1.29 is 14.4 Å². The number of nitrogens with zero attached hydrogens (tertiary/aromatic N) is 1. The summed E-state index contributed by atoms with van der Waals surface area (Å²) in [5.41, 5.74) is 0.509. The molecule has 0 aliphatic rings. The molecular weight excluding hydrogens is 269 g/mol. The van der Waals surface area contributed by atoms with E-state index in [1.807, 2.05) is 0 Å². The Balaban J connectivity index is 2.29. The van der Waals surface area contributed by atoms with E-state index in [0.717, 1.165) is 16.5 Å². The van der Waals surface area contributed by atoms with E-state index < -0.39 is 10.7 Å². The van der Waals surface area contributed by atoms with Crippen molar-refractivity contribution in [1.82, 2.24) is 0 Å². The van der Waals surface area contributed by atoms with E-state index in [4.69, 9.17) is 5.11 Å². The van der Waals surface area contributed by atoms with Crippen LogP contribution in [-0.4, -0.2) is 10.0 Å². The van der Waals surface area contributed by atoms with Crippen LogP contribution < -0.4 is 0 Å². The average Bonchev–Trinajstić information content (AvgIpc) is 2.41. The summed E-state index contributed by atoms with van der Waals surface area (Å²) < 4.78 is 13.0. The molecule has 0 aliphatic heterocycles. The van der Waals surface area contributed by atoms with Gasteiger partial charge in [-0.15, -0.1) is 0 Å². The van der Waals surface area contributed by atoms with Crippen LogP contribution in [0.15, 0.2) is 52.3 Å². The molecule has 98 valence electrons. The zero-order chi connectivity index (χ0) is 13.8. The molecule has 0 bridgehead atoms. The van der Waals surface area contributed by atoms with Gasteiger partial charge >= 0.3 is 0 Å². The number of nitro groups is 1. The van der Waals surface area contributed by atoms with Gasteiger partial charge in [0, 0.05) is 4.90 Å². The minimum Gasteiger partial charge on any atom is -0.392 e. The van der Waals surface area contributed by atoms with Crippen LogP contribution in [0.5, 0.6) is 0 Å². The van der Waals surface area contributed by atoms with E-state index >= 15 is 0 Å². The van der Waals surface area contributed by atoms with Crippen molar-refractivity contribution in [1.29, 1.82) is 0 Å². The van der Waals surface area contributed by atoms with E-state index in [0.29, 0.717) is 4.90 Å². The molecular formula is C13H10FNO3S. The standard InChI is InChI=1S/C13H10FNO3S/c14-10-3-6-13(12(7-10)15(17)18)19-11-4-1-9(8-16)2-5-11/h1-7,16H,8H2. The van der Waals surface area contributed by atoms with Gasteiger partial charge in [-0.2, -0.15) is 0 Å². The van der Waals surface area contributed by atoms with Gasteiger partial charge in [-0.25, -0.2) is 4.39 Å². The first-order valence-electron chi connectivity index (χ1n) is 5.42. The third-order valence-corrected chi connectivity index (χ3v) is 3.52. The highest BCUT2D eigenvalue weighted by Crippen LogP contribution is 2.35. The third-order valence-electron chi connectivity index (χ3n) is 2.45. The predicted octanol–water partition coefficient (Wildman–Crippen LogP) is 3.38. The van der Waals surface area contributed by atoms with E-state index in [1.54, 1.807) is 24.3 Å². The number of nitro benzene ring substituents is 1. The minimum absolute atomic E-state index is 0.0539. The fourth-order valence-electron chi connectivity index (χ4n) is 1.51. The highest BCUT2D eigenvalue weighted by Gasteiger charge is 2.15. The van der Waals surface area contributed by atoms with Crippen molar-refractivity contribution in [2.75, 3.05) is 0 Å². The lowest BCUT2D eigenvalue weighted by molar-refractivity contribution is -0.387. The summed E-state index contributed by atoms with van der Waals surface area (Å²) in [6, 6.07) is 10.5. The van der Waals surface area contributed by atoms with Crippen LogP contribution in [0.25, 0.3) is 0 Å². The van der Waals surface area contributed by atoms with Gasteiger partial charge in [-0.1, -0.05) is 23.9 Å². The number of aliphatic hydroxyl groups is 1. The van der Waals surface area contributed by atoms with Crippen LogP contribution in [0.1, 0.15) is 5.56 Å². The van der Waals surface area contributed by atoms with E-state index in [2.05, 4.69) is 0 Å². The van der Waals surface area contributed by atoms with Gasteiger partial charge in [0.05, 0.1) is 22.5 Å². The van der Waals surface area contributed by atoms with E-state index in [1.165, 1.54) is 23.9 Å². The Morgan fingerprint density at radius 2 is 1.89 bits per heavy atom. The average molecular weight is 279 g/mol. The number of hydrogen-bond donors (Lipinski definition) is 1. The lowest BCUT2D eigenvalue weighted by Crippen LogP contribution is -1.92. The van der Waals surface area contributed by atoms with Crippen molar-refractivity contribution >= 4 is 17.4 Å². The zero-order valence-electron chi connectivity index (χ0n) is 9.75. The van der Waals surface area contributed by atoms with Gasteiger partial charge < -0.3 is 5.11 Å². The molecule has 1 N–H and O–H groups in total. The number of hydrogen-bond acceptors (Lipinski definition) is 4. The lowest BCUT2D eigenvalue weighted by Gasteiger charge is -2.04. The maximum absolute atomic E-state index is 13.0. The smallest absolute Gasteiger partial charge is 0.286 e. The predicted molar refractivity (Wildman–Crippen MR) is 69.5 cm³/mol. The van der Waals surface area contributed by atoms with Crippen molar-refractivity contribution in [2.24, 2.45) is 0 Å². The summed E-state index contributed by atoms with van der Waals surface area (Å²) >= 11 is 1.18. The zero-order valence-corrected chi connectivity index (χ0v) is 10.6. The molecule has 4 nitrogen and oxygen atoms in total. The Kier molecular flexibility index (Phi) is 4.13. The quantitative estimate of drug-likeness (QED) is 0.688. The van der Waals surface area contributed by atoms with Gasteiger partial charge in [0.25, 0.3) is 5.69 Å². The normalized spacial score (nSPS) is 10.4. The number of rotatable bonds is 4. The molecule has 19 heavy (non-hydrogen) atoms. The number of benzene rings is 2. The Morgan fingerprint density at radius 3 is 2.47 bits per heavy atom. The summed E-state index contributed by atoms with van der Waals surface area (Å²) in [7, 11) is 0. The number of halogens is 1. The first-order chi connectivity index (χ1) is 9.10. The highest BCUT2D eigenvalue weighted by molar-refractivity contribution is 7.99. The van der Waals surface area contributed by atoms with Crippen molar-refractivity contribution in [3.05, 3.63) is 64.0 Å². The molecule has 2 rings (SSSR count). The molecule has 0 spiro atoms. The minimum atomic E-state index is -0.633. The molecule has 0 fully saturated rings. The summed E-state index contributed by atoms with van der Waals surface area (Å²) in [4.78, 5) is 11.4. The third kappa shape index (κ3) is 3.30. The molecule has 0 saturated heterocycles. The molecule has 0 heterocycles. The molecule has 2 aromatic carbocycles. The topological polar surface area (TPSA) is 63.4 Å². The molecule has 0 aliphatic carbocycles. The van der Waals surface area contributed by atoms with Crippen LogP contribution in [0.4, 0.5) is 10.1 Å². The summed E-state index contributed by atoms with van der Waals surface area (Å²) in [5.74, 6) is -0.633. The SMILES string of the molecule is O=[N+]([O-])c1cc(F)ccc1Sc1ccc(CO)cc1. The van der Waals surface area contributed by atoms with Gasteiger partial charge in [-0.3, -0.25) is 10.1 Å². The fourth-order valence-corrected chi connectivity index (χ4v) is 2.41. The molecule has 0 amide bonds. The monoisotopic (exact) mass is 279 g/mol. The number of aliphatic hydroxyl groups excluding tert-OH is 1. The largest absolute Gasteiger partial charge is 0.392 e.